The Morgan fingerprint density at radius 2 is 2.22 bits per heavy atom. The first-order valence-corrected chi connectivity index (χ1v) is 4.23. The standard InChI is InChI=1S/C9H17/c1-3-8-6-5-7-9(8)4-2/h8H,3-7H2,1-2H3. The van der Waals surface area contributed by atoms with Crippen molar-refractivity contribution in [2.24, 2.45) is 5.92 Å². The van der Waals surface area contributed by atoms with E-state index in [0.29, 0.717) is 0 Å². The van der Waals surface area contributed by atoms with Gasteiger partial charge in [-0.3, -0.25) is 0 Å². The fourth-order valence-electron chi connectivity index (χ4n) is 1.94. The first-order chi connectivity index (χ1) is 4.38. The second kappa shape index (κ2) is 3.24. The predicted molar refractivity (Wildman–Crippen MR) is 41.2 cm³/mol. The molecule has 0 aliphatic heterocycles. The highest BCUT2D eigenvalue weighted by atomic mass is 14.3. The van der Waals surface area contributed by atoms with Gasteiger partial charge in [0, 0.05) is 0 Å². The average molecular weight is 125 g/mol. The van der Waals surface area contributed by atoms with E-state index in [1.54, 1.807) is 0 Å². The van der Waals surface area contributed by atoms with Crippen molar-refractivity contribution in [1.29, 1.82) is 0 Å². The molecule has 0 nitrogen and oxygen atoms in total. The molecule has 1 radical (unpaired) electrons. The van der Waals surface area contributed by atoms with Crippen LogP contribution in [-0.2, 0) is 0 Å². The highest BCUT2D eigenvalue weighted by molar-refractivity contribution is 4.99. The van der Waals surface area contributed by atoms with Crippen molar-refractivity contribution < 1.29 is 0 Å². The summed E-state index contributed by atoms with van der Waals surface area (Å²) in [4.78, 5) is 0. The summed E-state index contributed by atoms with van der Waals surface area (Å²) >= 11 is 0. The summed E-state index contributed by atoms with van der Waals surface area (Å²) in [6, 6.07) is 0. The molecule has 0 bridgehead atoms. The summed E-state index contributed by atoms with van der Waals surface area (Å²) in [5.41, 5.74) is 0. The van der Waals surface area contributed by atoms with Gasteiger partial charge in [-0.25, -0.2) is 0 Å². The Balaban J connectivity index is 2.32. The van der Waals surface area contributed by atoms with Crippen molar-refractivity contribution in [3.63, 3.8) is 0 Å². The van der Waals surface area contributed by atoms with Crippen LogP contribution in [0.4, 0.5) is 0 Å². The maximum absolute atomic E-state index is 2.31. The summed E-state index contributed by atoms with van der Waals surface area (Å²) < 4.78 is 0. The van der Waals surface area contributed by atoms with E-state index in [4.69, 9.17) is 0 Å². The van der Waals surface area contributed by atoms with E-state index in [-0.39, 0.29) is 0 Å². The maximum atomic E-state index is 2.31. The van der Waals surface area contributed by atoms with Crippen LogP contribution in [0.3, 0.4) is 0 Å². The van der Waals surface area contributed by atoms with Crippen molar-refractivity contribution in [3.8, 4) is 0 Å². The topological polar surface area (TPSA) is 0 Å². The Bertz CT molecular complexity index is 66.1. The molecule has 0 amide bonds. The third-order valence-electron chi connectivity index (χ3n) is 2.57. The SMILES string of the molecule is CC[C]1CCCC1CC. The molecule has 1 aliphatic carbocycles. The third-order valence-corrected chi connectivity index (χ3v) is 2.57. The van der Waals surface area contributed by atoms with Gasteiger partial charge in [-0.05, 0) is 31.1 Å². The molecule has 1 saturated carbocycles. The van der Waals surface area contributed by atoms with Gasteiger partial charge < -0.3 is 0 Å². The van der Waals surface area contributed by atoms with Crippen LogP contribution in [-0.4, -0.2) is 0 Å². The normalized spacial score (nSPS) is 29.3. The van der Waals surface area contributed by atoms with Gasteiger partial charge in [0.15, 0.2) is 0 Å². The molecule has 0 N–H and O–H groups in total. The summed E-state index contributed by atoms with van der Waals surface area (Å²) in [7, 11) is 0. The molecule has 1 aliphatic rings. The van der Waals surface area contributed by atoms with Gasteiger partial charge in [0.2, 0.25) is 0 Å². The molecule has 1 atom stereocenters. The lowest BCUT2D eigenvalue weighted by Crippen LogP contribution is -2.01. The van der Waals surface area contributed by atoms with Gasteiger partial charge in [0.1, 0.15) is 0 Å². The van der Waals surface area contributed by atoms with Crippen LogP contribution in [0.25, 0.3) is 0 Å². The van der Waals surface area contributed by atoms with Gasteiger partial charge in [-0.1, -0.05) is 26.7 Å². The zero-order chi connectivity index (χ0) is 6.69. The quantitative estimate of drug-likeness (QED) is 0.531. The van der Waals surface area contributed by atoms with Gasteiger partial charge in [-0.15, -0.1) is 0 Å². The van der Waals surface area contributed by atoms with Crippen LogP contribution in [0, 0.1) is 11.8 Å². The van der Waals surface area contributed by atoms with E-state index in [1.807, 2.05) is 5.92 Å². The lowest BCUT2D eigenvalue weighted by atomic mass is 9.92. The van der Waals surface area contributed by atoms with Crippen molar-refractivity contribution in [2.45, 2.75) is 46.0 Å². The summed E-state index contributed by atoms with van der Waals surface area (Å²) in [6.45, 7) is 4.61. The van der Waals surface area contributed by atoms with Gasteiger partial charge in [0.05, 0.1) is 0 Å². The number of hydrogen-bond acceptors (Lipinski definition) is 0. The van der Waals surface area contributed by atoms with Gasteiger partial charge in [-0.2, -0.15) is 0 Å². The van der Waals surface area contributed by atoms with E-state index in [0.717, 1.165) is 5.92 Å². The Morgan fingerprint density at radius 1 is 1.44 bits per heavy atom. The predicted octanol–water partition coefficient (Wildman–Crippen LogP) is 3.18. The summed E-state index contributed by atoms with van der Waals surface area (Å²) in [5.74, 6) is 2.83. The highest BCUT2D eigenvalue weighted by Crippen LogP contribution is 2.37. The van der Waals surface area contributed by atoms with Crippen molar-refractivity contribution in [1.82, 2.24) is 0 Å². The Morgan fingerprint density at radius 3 is 2.67 bits per heavy atom. The molecule has 0 heterocycles. The molecular weight excluding hydrogens is 108 g/mol. The van der Waals surface area contributed by atoms with Crippen LogP contribution < -0.4 is 0 Å². The summed E-state index contributed by atoms with van der Waals surface area (Å²) in [5, 5.41) is 0. The van der Waals surface area contributed by atoms with Gasteiger partial charge >= 0.3 is 0 Å². The molecule has 9 heavy (non-hydrogen) atoms. The monoisotopic (exact) mass is 125 g/mol. The van der Waals surface area contributed by atoms with Crippen LogP contribution in [0.2, 0.25) is 0 Å². The van der Waals surface area contributed by atoms with Crippen LogP contribution in [0.5, 0.6) is 0 Å². The number of hydrogen-bond donors (Lipinski definition) is 0. The van der Waals surface area contributed by atoms with Gasteiger partial charge in [0.25, 0.3) is 0 Å². The minimum absolute atomic E-state index is 0.995. The van der Waals surface area contributed by atoms with Crippen LogP contribution >= 0.6 is 0 Å². The minimum atomic E-state index is 0.995. The lowest BCUT2D eigenvalue weighted by Gasteiger charge is -2.13. The Hall–Kier alpha value is 0. The van der Waals surface area contributed by atoms with E-state index in [9.17, 15) is 0 Å². The third kappa shape index (κ3) is 1.47. The molecule has 0 aromatic rings. The smallest absolute Gasteiger partial charge is 0.0213 e. The van der Waals surface area contributed by atoms with Crippen molar-refractivity contribution >= 4 is 0 Å². The Labute approximate surface area is 58.7 Å². The second-order valence-corrected chi connectivity index (χ2v) is 3.01. The lowest BCUT2D eigenvalue weighted by molar-refractivity contribution is 0.539. The van der Waals surface area contributed by atoms with E-state index < -0.39 is 0 Å². The molecule has 1 unspecified atom stereocenters. The average Bonchev–Trinajstić information content (AvgIpc) is 2.33. The largest absolute Gasteiger partial charge is 0.0651 e. The molecule has 53 valence electrons. The maximum Gasteiger partial charge on any atom is -0.0213 e. The molecule has 0 heteroatoms. The minimum Gasteiger partial charge on any atom is -0.0651 e. The molecule has 0 aromatic carbocycles. The van der Waals surface area contributed by atoms with E-state index in [1.165, 1.54) is 32.1 Å². The zero-order valence-corrected chi connectivity index (χ0v) is 6.61. The fraction of sp³-hybridized carbons (Fsp3) is 0.889. The fourth-order valence-corrected chi connectivity index (χ4v) is 1.94. The van der Waals surface area contributed by atoms with Crippen LogP contribution in [0.15, 0.2) is 0 Å². The first-order valence-electron chi connectivity index (χ1n) is 4.23. The summed E-state index contributed by atoms with van der Waals surface area (Å²) in [6.07, 6.45) is 7.07. The molecule has 1 rings (SSSR count). The molecule has 0 aromatic heterocycles. The van der Waals surface area contributed by atoms with Crippen molar-refractivity contribution in [3.05, 3.63) is 5.92 Å². The molecule has 1 fully saturated rings. The second-order valence-electron chi connectivity index (χ2n) is 3.01. The number of rotatable bonds is 2. The first kappa shape index (κ1) is 7.11. The van der Waals surface area contributed by atoms with Crippen molar-refractivity contribution in [2.75, 3.05) is 0 Å². The van der Waals surface area contributed by atoms with E-state index in [2.05, 4.69) is 13.8 Å². The molecule has 0 spiro atoms. The van der Waals surface area contributed by atoms with E-state index >= 15 is 0 Å². The molecular formula is C9H17. The highest BCUT2D eigenvalue weighted by Gasteiger charge is 2.23. The Kier molecular flexibility index (Phi) is 2.56. The molecule has 0 saturated heterocycles. The zero-order valence-electron chi connectivity index (χ0n) is 6.61. The van der Waals surface area contributed by atoms with Crippen LogP contribution in [0.1, 0.15) is 46.0 Å².